The Balaban J connectivity index is 1.91. The van der Waals surface area contributed by atoms with Crippen LogP contribution in [0.2, 0.25) is 0 Å². The minimum absolute atomic E-state index is 0.343. The van der Waals surface area contributed by atoms with Crippen molar-refractivity contribution in [3.63, 3.8) is 0 Å². The number of ether oxygens (including phenoxy) is 1. The van der Waals surface area contributed by atoms with E-state index in [-0.39, 0.29) is 5.97 Å². The van der Waals surface area contributed by atoms with E-state index in [4.69, 9.17) is 4.74 Å². The van der Waals surface area contributed by atoms with Crippen molar-refractivity contribution in [3.05, 3.63) is 23.4 Å². The Morgan fingerprint density at radius 2 is 2.50 bits per heavy atom. The number of aromatic nitrogens is 1. The Kier molecular flexibility index (Phi) is 4.75. The lowest BCUT2D eigenvalue weighted by Gasteiger charge is -2.18. The number of esters is 1. The Labute approximate surface area is 111 Å². The molecule has 0 aliphatic heterocycles. The molecule has 18 heavy (non-hydrogen) atoms. The maximum absolute atomic E-state index is 11.6. The predicted molar refractivity (Wildman–Crippen MR) is 73.0 cm³/mol. The molecule has 0 saturated carbocycles. The van der Waals surface area contributed by atoms with E-state index in [1.807, 2.05) is 0 Å². The molecule has 1 unspecified atom stereocenters. The molecule has 0 radical (unpaired) electrons. The normalized spacial score (nSPS) is 18.6. The van der Waals surface area contributed by atoms with Crippen LogP contribution in [-0.4, -0.2) is 24.1 Å². The van der Waals surface area contributed by atoms with Crippen molar-refractivity contribution in [3.8, 4) is 0 Å². The van der Waals surface area contributed by atoms with Crippen LogP contribution in [0.4, 0.5) is 5.00 Å². The number of carbonyl (C=O) groups is 1. The summed E-state index contributed by atoms with van der Waals surface area (Å²) >= 11 is 1.45. The van der Waals surface area contributed by atoms with Crippen LogP contribution in [0.15, 0.2) is 17.7 Å². The molecule has 2 rings (SSSR count). The molecule has 0 amide bonds. The lowest BCUT2D eigenvalue weighted by molar-refractivity contribution is 0.0521. The highest BCUT2D eigenvalue weighted by molar-refractivity contribution is 7.14. The molecule has 0 bridgehead atoms. The van der Waals surface area contributed by atoms with Gasteiger partial charge < -0.3 is 10.1 Å². The van der Waals surface area contributed by atoms with Crippen molar-refractivity contribution in [2.45, 2.75) is 26.2 Å². The van der Waals surface area contributed by atoms with Gasteiger partial charge in [-0.2, -0.15) is 0 Å². The molecule has 1 aliphatic rings. The number of hydrogen-bond donors (Lipinski definition) is 1. The first-order valence-electron chi connectivity index (χ1n) is 6.30. The van der Waals surface area contributed by atoms with Crippen LogP contribution in [0.5, 0.6) is 0 Å². The number of thiazole rings is 1. The van der Waals surface area contributed by atoms with E-state index in [2.05, 4.69) is 22.5 Å². The summed E-state index contributed by atoms with van der Waals surface area (Å²) in [6, 6.07) is 0. The van der Waals surface area contributed by atoms with E-state index < -0.39 is 0 Å². The molecule has 1 aromatic rings. The minimum Gasteiger partial charge on any atom is -0.461 e. The average molecular weight is 266 g/mol. The summed E-state index contributed by atoms with van der Waals surface area (Å²) in [6.07, 6.45) is 7.93. The van der Waals surface area contributed by atoms with Crippen LogP contribution in [-0.2, 0) is 4.74 Å². The third kappa shape index (κ3) is 3.32. The lowest BCUT2D eigenvalue weighted by atomic mass is 9.94. The van der Waals surface area contributed by atoms with Crippen LogP contribution in [0.3, 0.4) is 0 Å². The van der Waals surface area contributed by atoms with E-state index in [0.29, 0.717) is 18.2 Å². The summed E-state index contributed by atoms with van der Waals surface area (Å²) < 4.78 is 4.97. The van der Waals surface area contributed by atoms with Crippen molar-refractivity contribution in [1.29, 1.82) is 0 Å². The van der Waals surface area contributed by atoms with Gasteiger partial charge >= 0.3 is 5.97 Å². The van der Waals surface area contributed by atoms with Crippen LogP contribution >= 0.6 is 11.3 Å². The van der Waals surface area contributed by atoms with Crippen LogP contribution in [0, 0.1) is 5.92 Å². The zero-order valence-corrected chi connectivity index (χ0v) is 11.3. The molecule has 0 aromatic carbocycles. The van der Waals surface area contributed by atoms with Gasteiger partial charge in [0.1, 0.15) is 5.00 Å². The summed E-state index contributed by atoms with van der Waals surface area (Å²) in [5.41, 5.74) is 2.09. The van der Waals surface area contributed by atoms with Crippen molar-refractivity contribution < 1.29 is 9.53 Å². The fourth-order valence-electron chi connectivity index (χ4n) is 2.00. The number of anilines is 1. The Morgan fingerprint density at radius 1 is 1.61 bits per heavy atom. The van der Waals surface area contributed by atoms with E-state index in [9.17, 15) is 4.79 Å². The first-order valence-corrected chi connectivity index (χ1v) is 7.18. The quantitative estimate of drug-likeness (QED) is 0.657. The lowest BCUT2D eigenvalue weighted by Crippen LogP contribution is -2.16. The summed E-state index contributed by atoms with van der Waals surface area (Å²) in [7, 11) is 0. The molecule has 1 N–H and O–H groups in total. The summed E-state index contributed by atoms with van der Waals surface area (Å²) in [6.45, 7) is 3.06. The number of carbonyl (C=O) groups excluding carboxylic acids is 1. The molecule has 1 atom stereocenters. The summed E-state index contributed by atoms with van der Waals surface area (Å²) in [4.78, 5) is 15.7. The molecule has 1 aliphatic carbocycles. The molecule has 5 heteroatoms. The van der Waals surface area contributed by atoms with E-state index in [0.717, 1.165) is 24.4 Å². The molecule has 98 valence electrons. The highest BCUT2D eigenvalue weighted by Gasteiger charge is 2.17. The first kappa shape index (κ1) is 13.1. The van der Waals surface area contributed by atoms with Gasteiger partial charge in [0, 0.05) is 6.54 Å². The van der Waals surface area contributed by atoms with Crippen molar-refractivity contribution >= 4 is 22.3 Å². The molecule has 1 aromatic heterocycles. The van der Waals surface area contributed by atoms with Gasteiger partial charge in [0.25, 0.3) is 0 Å². The second-order valence-corrected chi connectivity index (χ2v) is 5.14. The SMILES string of the molecule is CCOC(=O)c1ncsc1NCC1CC=CCC1. The fourth-order valence-corrected chi connectivity index (χ4v) is 2.67. The third-order valence-electron chi connectivity index (χ3n) is 2.97. The Bertz CT molecular complexity index is 428. The van der Waals surface area contributed by atoms with E-state index in [1.54, 1.807) is 12.4 Å². The number of hydrogen-bond acceptors (Lipinski definition) is 5. The largest absolute Gasteiger partial charge is 0.461 e. The Hall–Kier alpha value is -1.36. The number of nitrogens with zero attached hydrogens (tertiary/aromatic N) is 1. The molecule has 0 saturated heterocycles. The molecule has 0 fully saturated rings. The number of allylic oxidation sites excluding steroid dienone is 2. The van der Waals surface area contributed by atoms with Gasteiger partial charge in [-0.15, -0.1) is 11.3 Å². The average Bonchev–Trinajstić information content (AvgIpc) is 2.86. The van der Waals surface area contributed by atoms with Crippen LogP contribution in [0.25, 0.3) is 0 Å². The van der Waals surface area contributed by atoms with Crippen molar-refractivity contribution in [1.82, 2.24) is 4.98 Å². The van der Waals surface area contributed by atoms with Crippen LogP contribution < -0.4 is 5.32 Å². The van der Waals surface area contributed by atoms with Gasteiger partial charge in [0.15, 0.2) is 5.69 Å². The smallest absolute Gasteiger partial charge is 0.360 e. The third-order valence-corrected chi connectivity index (χ3v) is 3.75. The number of nitrogens with one attached hydrogen (secondary N) is 1. The van der Waals surface area contributed by atoms with Crippen LogP contribution in [0.1, 0.15) is 36.7 Å². The zero-order valence-electron chi connectivity index (χ0n) is 10.5. The monoisotopic (exact) mass is 266 g/mol. The van der Waals surface area contributed by atoms with E-state index >= 15 is 0 Å². The molecule has 4 nitrogen and oxygen atoms in total. The first-order chi connectivity index (χ1) is 8.81. The topological polar surface area (TPSA) is 51.2 Å². The van der Waals surface area contributed by atoms with Crippen molar-refractivity contribution in [2.75, 3.05) is 18.5 Å². The maximum Gasteiger partial charge on any atom is 0.360 e. The minimum atomic E-state index is -0.343. The van der Waals surface area contributed by atoms with Gasteiger partial charge in [-0.05, 0) is 32.1 Å². The zero-order chi connectivity index (χ0) is 12.8. The summed E-state index contributed by atoms with van der Waals surface area (Å²) in [5, 5.41) is 4.15. The van der Waals surface area contributed by atoms with Gasteiger partial charge in [-0.1, -0.05) is 12.2 Å². The second-order valence-electron chi connectivity index (χ2n) is 4.28. The molecule has 0 spiro atoms. The Morgan fingerprint density at radius 3 is 3.22 bits per heavy atom. The number of rotatable bonds is 5. The maximum atomic E-state index is 11.6. The van der Waals surface area contributed by atoms with Gasteiger partial charge in [0.05, 0.1) is 12.1 Å². The van der Waals surface area contributed by atoms with Crippen molar-refractivity contribution in [2.24, 2.45) is 5.92 Å². The van der Waals surface area contributed by atoms with Gasteiger partial charge in [-0.25, -0.2) is 9.78 Å². The van der Waals surface area contributed by atoms with Gasteiger partial charge in [0.2, 0.25) is 0 Å². The molecular weight excluding hydrogens is 248 g/mol. The molecular formula is C13H18N2O2S. The molecule has 1 heterocycles. The predicted octanol–water partition coefficient (Wildman–Crippen LogP) is 3.09. The standard InChI is InChI=1S/C13H18N2O2S/c1-2-17-13(16)11-12(18-9-15-11)14-8-10-6-4-3-5-7-10/h3-4,9-10,14H,2,5-8H2,1H3. The fraction of sp³-hybridized carbons (Fsp3) is 0.538. The highest BCUT2D eigenvalue weighted by Crippen LogP contribution is 2.24. The summed E-state index contributed by atoms with van der Waals surface area (Å²) in [5.74, 6) is 0.303. The van der Waals surface area contributed by atoms with E-state index in [1.165, 1.54) is 17.8 Å². The van der Waals surface area contributed by atoms with Gasteiger partial charge in [-0.3, -0.25) is 0 Å². The highest BCUT2D eigenvalue weighted by atomic mass is 32.1. The second kappa shape index (κ2) is 6.54.